The van der Waals surface area contributed by atoms with E-state index in [1.807, 2.05) is 18.2 Å². The molecule has 148 valence electrons. The van der Waals surface area contributed by atoms with Crippen molar-refractivity contribution >= 4 is 51.6 Å². The third-order valence-corrected chi connectivity index (χ3v) is 6.50. The Morgan fingerprint density at radius 3 is 2.66 bits per heavy atom. The van der Waals surface area contributed by atoms with Crippen LogP contribution in [0, 0.1) is 0 Å². The Morgan fingerprint density at radius 2 is 1.86 bits per heavy atom. The van der Waals surface area contributed by atoms with Crippen LogP contribution in [0.4, 0.5) is 5.69 Å². The van der Waals surface area contributed by atoms with Gasteiger partial charge in [0.25, 0.3) is 5.91 Å². The molecule has 0 spiro atoms. The molecule has 5 nitrogen and oxygen atoms in total. The highest BCUT2D eigenvalue weighted by molar-refractivity contribution is 6.31. The Morgan fingerprint density at radius 1 is 1.07 bits per heavy atom. The van der Waals surface area contributed by atoms with Crippen LogP contribution in [0.15, 0.2) is 42.5 Å². The molecule has 2 unspecified atom stereocenters. The lowest BCUT2D eigenvalue weighted by Gasteiger charge is -2.36. The van der Waals surface area contributed by atoms with Crippen LogP contribution in [0.2, 0.25) is 10.0 Å². The maximum absolute atomic E-state index is 13.2. The van der Waals surface area contributed by atoms with Gasteiger partial charge in [-0.2, -0.15) is 0 Å². The number of benzene rings is 2. The number of nitrogens with one attached hydrogen (secondary N) is 1. The summed E-state index contributed by atoms with van der Waals surface area (Å²) in [4.78, 5) is 32.8. The molecule has 0 saturated carbocycles. The average Bonchev–Trinajstić information content (AvgIpc) is 3.19. The molecule has 1 saturated heterocycles. The van der Waals surface area contributed by atoms with Gasteiger partial charge >= 0.3 is 0 Å². The van der Waals surface area contributed by atoms with Gasteiger partial charge in [-0.1, -0.05) is 29.3 Å². The van der Waals surface area contributed by atoms with Gasteiger partial charge < -0.3 is 4.98 Å². The monoisotopic (exact) mass is 427 g/mol. The Bertz CT molecular complexity index is 1160. The molecule has 2 aliphatic heterocycles. The molecular formula is C22H19Cl2N3O2. The van der Waals surface area contributed by atoms with Crippen LogP contribution in [-0.4, -0.2) is 34.3 Å². The molecule has 5 rings (SSSR count). The summed E-state index contributed by atoms with van der Waals surface area (Å²) >= 11 is 12.2. The van der Waals surface area contributed by atoms with E-state index in [9.17, 15) is 9.59 Å². The average molecular weight is 428 g/mol. The van der Waals surface area contributed by atoms with Crippen molar-refractivity contribution in [1.82, 2.24) is 9.88 Å². The van der Waals surface area contributed by atoms with Crippen molar-refractivity contribution < 1.29 is 9.59 Å². The summed E-state index contributed by atoms with van der Waals surface area (Å²) in [5.41, 5.74) is 3.91. The first kappa shape index (κ1) is 18.7. The second-order valence-corrected chi connectivity index (χ2v) is 8.51. The highest BCUT2D eigenvalue weighted by Crippen LogP contribution is 2.38. The van der Waals surface area contributed by atoms with E-state index < -0.39 is 6.04 Å². The van der Waals surface area contributed by atoms with E-state index in [2.05, 4.69) is 16.8 Å². The van der Waals surface area contributed by atoms with Crippen molar-refractivity contribution in [2.45, 2.75) is 31.8 Å². The molecule has 3 heterocycles. The van der Waals surface area contributed by atoms with Gasteiger partial charge in [0.2, 0.25) is 5.91 Å². The Hall–Kier alpha value is -2.34. The summed E-state index contributed by atoms with van der Waals surface area (Å²) in [6.07, 6.45) is 0.978. The molecule has 2 aromatic carbocycles. The van der Waals surface area contributed by atoms with Crippen LogP contribution in [0.3, 0.4) is 0 Å². The first-order valence-electron chi connectivity index (χ1n) is 9.62. The second kappa shape index (κ2) is 6.87. The maximum Gasteiger partial charge on any atom is 0.251 e. The highest BCUT2D eigenvalue weighted by Gasteiger charge is 2.45. The molecule has 0 bridgehead atoms. The molecule has 29 heavy (non-hydrogen) atoms. The van der Waals surface area contributed by atoms with E-state index in [0.29, 0.717) is 22.3 Å². The van der Waals surface area contributed by atoms with Crippen molar-refractivity contribution in [2.24, 2.45) is 0 Å². The standard InChI is InChI=1S/C22H19Cl2N3O2/c1-12-21-16(17-10-14(24)5-6-18(17)25-21)7-8-26(12)19-11-20(28)27(22(19)29)15-4-2-3-13(23)9-15/h2-6,9-10,12,19,25H,7-8,11H2,1H3. The number of carbonyl (C=O) groups is 2. The van der Waals surface area contributed by atoms with Gasteiger partial charge in [-0.25, -0.2) is 4.90 Å². The van der Waals surface area contributed by atoms with Gasteiger partial charge in [0, 0.05) is 39.2 Å². The Kier molecular flexibility index (Phi) is 4.42. The molecule has 1 fully saturated rings. The van der Waals surface area contributed by atoms with Crippen LogP contribution in [0.5, 0.6) is 0 Å². The SMILES string of the molecule is CC1c2[nH]c3ccc(Cl)cc3c2CCN1C1CC(=O)N(c2cccc(Cl)c2)C1=O. The number of aromatic nitrogens is 1. The van der Waals surface area contributed by atoms with Crippen molar-refractivity contribution in [1.29, 1.82) is 0 Å². The topological polar surface area (TPSA) is 56.4 Å². The third-order valence-electron chi connectivity index (χ3n) is 6.03. The van der Waals surface area contributed by atoms with Gasteiger partial charge in [-0.05, 0) is 55.3 Å². The molecule has 2 atom stereocenters. The van der Waals surface area contributed by atoms with E-state index in [-0.39, 0.29) is 24.3 Å². The number of carbonyl (C=O) groups excluding carboxylic acids is 2. The summed E-state index contributed by atoms with van der Waals surface area (Å²) in [7, 11) is 0. The largest absolute Gasteiger partial charge is 0.357 e. The number of nitrogens with zero attached hydrogens (tertiary/aromatic N) is 2. The lowest BCUT2D eigenvalue weighted by Crippen LogP contribution is -2.46. The number of fused-ring (bicyclic) bond motifs is 3. The number of anilines is 1. The summed E-state index contributed by atoms with van der Waals surface area (Å²) in [5.74, 6) is -0.379. The molecule has 0 aliphatic carbocycles. The fourth-order valence-electron chi connectivity index (χ4n) is 4.65. The molecule has 2 amide bonds. The number of aromatic amines is 1. The van der Waals surface area contributed by atoms with Gasteiger partial charge in [0.05, 0.1) is 18.2 Å². The lowest BCUT2D eigenvalue weighted by molar-refractivity contribution is -0.123. The van der Waals surface area contributed by atoms with Crippen LogP contribution >= 0.6 is 23.2 Å². The summed E-state index contributed by atoms with van der Waals surface area (Å²) < 4.78 is 0. The van der Waals surface area contributed by atoms with Crippen molar-refractivity contribution in [3.63, 3.8) is 0 Å². The molecule has 1 aromatic heterocycles. The molecule has 7 heteroatoms. The normalized spacial score (nSPS) is 22.5. The number of imide groups is 1. The minimum absolute atomic E-state index is 0.00835. The number of hydrogen-bond donors (Lipinski definition) is 1. The van der Waals surface area contributed by atoms with Crippen molar-refractivity contribution in [3.8, 4) is 0 Å². The van der Waals surface area contributed by atoms with Gasteiger partial charge in [-0.3, -0.25) is 14.5 Å². The number of H-pyrrole nitrogens is 1. The fourth-order valence-corrected chi connectivity index (χ4v) is 5.01. The van der Waals surface area contributed by atoms with Gasteiger partial charge in [-0.15, -0.1) is 0 Å². The first-order valence-corrected chi connectivity index (χ1v) is 10.4. The highest BCUT2D eigenvalue weighted by atomic mass is 35.5. The minimum Gasteiger partial charge on any atom is -0.357 e. The fraction of sp³-hybridized carbons (Fsp3) is 0.273. The summed E-state index contributed by atoms with van der Waals surface area (Å²) in [6, 6.07) is 12.2. The summed E-state index contributed by atoms with van der Waals surface area (Å²) in [6.45, 7) is 2.79. The first-order chi connectivity index (χ1) is 13.9. The smallest absolute Gasteiger partial charge is 0.251 e. The van der Waals surface area contributed by atoms with E-state index >= 15 is 0 Å². The number of halogens is 2. The zero-order valence-corrected chi connectivity index (χ0v) is 17.3. The van der Waals surface area contributed by atoms with E-state index in [1.165, 1.54) is 10.5 Å². The summed E-state index contributed by atoms with van der Waals surface area (Å²) in [5, 5.41) is 2.34. The number of amides is 2. The van der Waals surface area contributed by atoms with E-state index in [1.54, 1.807) is 24.3 Å². The lowest BCUT2D eigenvalue weighted by atomic mass is 9.96. The van der Waals surface area contributed by atoms with Crippen molar-refractivity contribution in [2.75, 3.05) is 11.4 Å². The van der Waals surface area contributed by atoms with Crippen LogP contribution in [0.1, 0.15) is 30.6 Å². The van der Waals surface area contributed by atoms with E-state index in [0.717, 1.165) is 23.0 Å². The zero-order chi connectivity index (χ0) is 20.3. The second-order valence-electron chi connectivity index (χ2n) is 7.64. The maximum atomic E-state index is 13.2. The molecular weight excluding hydrogens is 409 g/mol. The predicted octanol–water partition coefficient (Wildman–Crippen LogP) is 4.73. The quantitative estimate of drug-likeness (QED) is 0.601. The van der Waals surface area contributed by atoms with Gasteiger partial charge in [0.1, 0.15) is 0 Å². The molecule has 3 aromatic rings. The number of rotatable bonds is 2. The Balaban J connectivity index is 1.47. The third kappa shape index (κ3) is 2.96. The predicted molar refractivity (Wildman–Crippen MR) is 114 cm³/mol. The number of hydrogen-bond acceptors (Lipinski definition) is 3. The minimum atomic E-state index is -0.473. The van der Waals surface area contributed by atoms with Crippen LogP contribution in [-0.2, 0) is 16.0 Å². The molecule has 0 radical (unpaired) electrons. The van der Waals surface area contributed by atoms with Crippen LogP contribution < -0.4 is 4.90 Å². The van der Waals surface area contributed by atoms with Crippen molar-refractivity contribution in [3.05, 3.63) is 63.8 Å². The molecule has 2 aliphatic rings. The molecule has 1 N–H and O–H groups in total. The van der Waals surface area contributed by atoms with E-state index in [4.69, 9.17) is 23.2 Å². The van der Waals surface area contributed by atoms with Crippen LogP contribution in [0.25, 0.3) is 10.9 Å². The zero-order valence-electron chi connectivity index (χ0n) is 15.8. The van der Waals surface area contributed by atoms with Gasteiger partial charge in [0.15, 0.2) is 0 Å². The Labute approximate surface area is 178 Å².